The van der Waals surface area contributed by atoms with Crippen LogP contribution >= 0.6 is 0 Å². The number of hydrogen-bond donors (Lipinski definition) is 2. The van der Waals surface area contributed by atoms with E-state index in [1.54, 1.807) is 0 Å². The van der Waals surface area contributed by atoms with Crippen LogP contribution in [0.25, 0.3) is 0 Å². The summed E-state index contributed by atoms with van der Waals surface area (Å²) in [6.45, 7) is 11.8. The molecule has 0 aromatic heterocycles. The highest BCUT2D eigenvalue weighted by atomic mass is 16.5. The molecule has 3 unspecified atom stereocenters. The number of nitrogens with one attached hydrogen (secondary N) is 1. The number of carbonyl (C=O) groups is 1. The third-order valence-electron chi connectivity index (χ3n) is 5.33. The Kier molecular flexibility index (Phi) is 6.67. The van der Waals surface area contributed by atoms with Crippen molar-refractivity contribution in [2.75, 3.05) is 13.2 Å². The molecule has 0 aromatic carbocycles. The van der Waals surface area contributed by atoms with E-state index in [-0.39, 0.29) is 17.4 Å². The molecule has 4 nitrogen and oxygen atoms in total. The molecule has 3 atom stereocenters. The summed E-state index contributed by atoms with van der Waals surface area (Å²) in [7, 11) is 0. The van der Waals surface area contributed by atoms with E-state index >= 15 is 0 Å². The Labute approximate surface area is 130 Å². The van der Waals surface area contributed by atoms with Crippen molar-refractivity contribution in [3.63, 3.8) is 0 Å². The lowest BCUT2D eigenvalue weighted by Gasteiger charge is -2.57. The van der Waals surface area contributed by atoms with Gasteiger partial charge in [-0.05, 0) is 19.3 Å². The topological polar surface area (TPSA) is 64.4 Å². The number of rotatable bonds is 9. The highest BCUT2D eigenvalue weighted by Crippen LogP contribution is 2.49. The number of carbonyl (C=O) groups excluding carboxylic acids is 1. The fourth-order valence-electron chi connectivity index (χ4n) is 3.16. The van der Waals surface area contributed by atoms with Crippen LogP contribution in [0.3, 0.4) is 0 Å². The predicted molar refractivity (Wildman–Crippen MR) is 87.0 cm³/mol. The first-order chi connectivity index (χ1) is 9.83. The highest BCUT2D eigenvalue weighted by Gasteiger charge is 2.62. The van der Waals surface area contributed by atoms with Crippen molar-refractivity contribution in [3.8, 4) is 0 Å². The number of nitrogens with two attached hydrogens (primary N) is 1. The summed E-state index contributed by atoms with van der Waals surface area (Å²) in [5, 5.41) is 3.08. The van der Waals surface area contributed by atoms with Gasteiger partial charge in [0.15, 0.2) is 0 Å². The Morgan fingerprint density at radius 3 is 2.52 bits per heavy atom. The van der Waals surface area contributed by atoms with Gasteiger partial charge in [-0.25, -0.2) is 0 Å². The zero-order valence-corrected chi connectivity index (χ0v) is 14.5. The first kappa shape index (κ1) is 18.4. The molecule has 1 fully saturated rings. The summed E-state index contributed by atoms with van der Waals surface area (Å²) in [5.41, 5.74) is 5.28. The summed E-state index contributed by atoms with van der Waals surface area (Å²) in [4.78, 5) is 12.5. The Morgan fingerprint density at radius 2 is 2.05 bits per heavy atom. The summed E-state index contributed by atoms with van der Waals surface area (Å²) >= 11 is 0. The maximum atomic E-state index is 12.5. The van der Waals surface area contributed by atoms with Crippen molar-refractivity contribution in [1.82, 2.24) is 5.32 Å². The third-order valence-corrected chi connectivity index (χ3v) is 5.33. The fourth-order valence-corrected chi connectivity index (χ4v) is 3.16. The molecular weight excluding hydrogens is 264 g/mol. The summed E-state index contributed by atoms with van der Waals surface area (Å²) in [6, 6.07) is 0. The molecule has 0 spiro atoms. The minimum atomic E-state index is -0.796. The molecule has 0 aromatic rings. The van der Waals surface area contributed by atoms with Gasteiger partial charge in [0.25, 0.3) is 0 Å². The van der Waals surface area contributed by atoms with Crippen molar-refractivity contribution in [2.24, 2.45) is 17.1 Å². The van der Waals surface area contributed by atoms with Gasteiger partial charge < -0.3 is 15.8 Å². The number of unbranched alkanes of at least 4 members (excludes halogenated alkanes) is 1. The largest absolute Gasteiger partial charge is 0.378 e. The average molecular weight is 298 g/mol. The SMILES string of the molecule is CCCCC(CC)CNC(=O)C1(N)CC(OCC)C1(C)C. The van der Waals surface area contributed by atoms with Crippen molar-refractivity contribution in [3.05, 3.63) is 0 Å². The van der Waals surface area contributed by atoms with Gasteiger partial charge >= 0.3 is 0 Å². The monoisotopic (exact) mass is 298 g/mol. The van der Waals surface area contributed by atoms with Gasteiger partial charge in [-0.3, -0.25) is 4.79 Å². The van der Waals surface area contributed by atoms with Crippen LogP contribution in [-0.2, 0) is 9.53 Å². The second-order valence-corrected chi connectivity index (χ2v) is 6.97. The Bertz CT molecular complexity index is 344. The predicted octanol–water partition coefficient (Wildman–Crippen LogP) is 2.85. The maximum absolute atomic E-state index is 12.5. The van der Waals surface area contributed by atoms with Crippen LogP contribution in [0.2, 0.25) is 0 Å². The number of hydrogen-bond acceptors (Lipinski definition) is 3. The van der Waals surface area contributed by atoms with Gasteiger partial charge in [0.05, 0.1) is 6.10 Å². The Morgan fingerprint density at radius 1 is 1.38 bits per heavy atom. The molecule has 124 valence electrons. The zero-order valence-electron chi connectivity index (χ0n) is 14.5. The van der Waals surface area contributed by atoms with E-state index in [0.29, 0.717) is 18.9 Å². The smallest absolute Gasteiger partial charge is 0.240 e. The van der Waals surface area contributed by atoms with E-state index in [9.17, 15) is 4.79 Å². The van der Waals surface area contributed by atoms with Gasteiger partial charge in [-0.1, -0.05) is 47.0 Å². The molecule has 0 aliphatic heterocycles. The van der Waals surface area contributed by atoms with Crippen molar-refractivity contribution >= 4 is 5.91 Å². The maximum Gasteiger partial charge on any atom is 0.240 e. The third kappa shape index (κ3) is 3.78. The quantitative estimate of drug-likeness (QED) is 0.688. The molecule has 1 amide bonds. The van der Waals surface area contributed by atoms with E-state index in [4.69, 9.17) is 10.5 Å². The van der Waals surface area contributed by atoms with Crippen molar-refractivity contribution in [1.29, 1.82) is 0 Å². The lowest BCUT2D eigenvalue weighted by molar-refractivity contribution is -0.170. The van der Waals surface area contributed by atoms with Gasteiger partial charge in [-0.15, -0.1) is 0 Å². The lowest BCUT2D eigenvalue weighted by Crippen LogP contribution is -2.75. The standard InChI is InChI=1S/C17H34N2O2/c1-6-9-10-13(7-2)12-19-15(20)17(18)11-14(21-8-3)16(17,4)5/h13-14H,6-12,18H2,1-5H3,(H,19,20). The molecule has 1 rings (SSSR count). The fraction of sp³-hybridized carbons (Fsp3) is 0.941. The van der Waals surface area contributed by atoms with Gasteiger partial charge in [0, 0.05) is 25.0 Å². The number of ether oxygens (including phenoxy) is 1. The Balaban J connectivity index is 2.52. The first-order valence-corrected chi connectivity index (χ1v) is 8.52. The van der Waals surface area contributed by atoms with Crippen LogP contribution in [0.1, 0.15) is 66.7 Å². The molecular formula is C17H34N2O2. The van der Waals surface area contributed by atoms with Gasteiger partial charge in [0.2, 0.25) is 5.91 Å². The van der Waals surface area contributed by atoms with E-state index in [0.717, 1.165) is 13.0 Å². The van der Waals surface area contributed by atoms with Crippen LogP contribution in [0.5, 0.6) is 0 Å². The highest BCUT2D eigenvalue weighted by molar-refractivity contribution is 5.88. The first-order valence-electron chi connectivity index (χ1n) is 8.52. The minimum absolute atomic E-state index is 0.0154. The van der Waals surface area contributed by atoms with Gasteiger partial charge in [0.1, 0.15) is 5.54 Å². The average Bonchev–Trinajstić information content (AvgIpc) is 2.46. The number of amides is 1. The van der Waals surface area contributed by atoms with Crippen LogP contribution in [0.4, 0.5) is 0 Å². The Hall–Kier alpha value is -0.610. The molecule has 3 N–H and O–H groups in total. The van der Waals surface area contributed by atoms with Gasteiger partial charge in [-0.2, -0.15) is 0 Å². The van der Waals surface area contributed by atoms with E-state index in [1.165, 1.54) is 19.3 Å². The van der Waals surface area contributed by atoms with E-state index in [1.807, 2.05) is 20.8 Å². The zero-order chi connectivity index (χ0) is 16.1. The van der Waals surface area contributed by atoms with Crippen molar-refractivity contribution < 1.29 is 9.53 Å². The van der Waals surface area contributed by atoms with Crippen LogP contribution in [0.15, 0.2) is 0 Å². The summed E-state index contributed by atoms with van der Waals surface area (Å²) < 4.78 is 5.68. The molecule has 0 heterocycles. The summed E-state index contributed by atoms with van der Waals surface area (Å²) in [6.07, 6.45) is 5.40. The molecule has 1 aliphatic carbocycles. The molecule has 0 radical (unpaired) electrons. The van der Waals surface area contributed by atoms with Crippen LogP contribution in [0, 0.1) is 11.3 Å². The molecule has 1 saturated carbocycles. The molecule has 4 heteroatoms. The lowest BCUT2D eigenvalue weighted by atomic mass is 9.54. The van der Waals surface area contributed by atoms with Crippen molar-refractivity contribution in [2.45, 2.75) is 78.4 Å². The molecule has 1 aliphatic rings. The second kappa shape index (κ2) is 7.59. The minimum Gasteiger partial charge on any atom is -0.378 e. The molecule has 0 bridgehead atoms. The normalized spacial score (nSPS) is 28.8. The van der Waals surface area contributed by atoms with Crippen LogP contribution < -0.4 is 11.1 Å². The van der Waals surface area contributed by atoms with E-state index < -0.39 is 5.54 Å². The van der Waals surface area contributed by atoms with Crippen LogP contribution in [-0.4, -0.2) is 30.7 Å². The summed E-state index contributed by atoms with van der Waals surface area (Å²) in [5.74, 6) is 0.543. The molecule has 21 heavy (non-hydrogen) atoms. The second-order valence-electron chi connectivity index (χ2n) is 6.97. The van der Waals surface area contributed by atoms with E-state index in [2.05, 4.69) is 19.2 Å². The molecule has 0 saturated heterocycles.